The molecule has 9 nitrogen and oxygen atoms in total. The van der Waals surface area contributed by atoms with Gasteiger partial charge in [0.25, 0.3) is 0 Å². The highest BCUT2D eigenvalue weighted by Gasteiger charge is 2.21. The molecule has 0 radical (unpaired) electrons. The van der Waals surface area contributed by atoms with Crippen molar-refractivity contribution in [2.75, 3.05) is 12.4 Å². The summed E-state index contributed by atoms with van der Waals surface area (Å²) in [5.74, 6) is -2.09. The number of hydrogen-bond acceptors (Lipinski definition) is 7. The first-order valence-electron chi connectivity index (χ1n) is 11.5. The lowest BCUT2D eigenvalue weighted by atomic mass is 10.1. The summed E-state index contributed by atoms with van der Waals surface area (Å²) < 4.78 is 20.0. The molecule has 4 rings (SSSR count). The average Bonchev–Trinajstić information content (AvgIpc) is 2.90. The van der Waals surface area contributed by atoms with Crippen molar-refractivity contribution in [1.29, 1.82) is 0 Å². The van der Waals surface area contributed by atoms with E-state index in [9.17, 15) is 24.4 Å². The van der Waals surface area contributed by atoms with Gasteiger partial charge in [-0.2, -0.15) is 4.39 Å². The van der Waals surface area contributed by atoms with Crippen LogP contribution in [0.4, 0.5) is 15.9 Å². The molecule has 0 fully saturated rings. The molecule has 0 unspecified atom stereocenters. The Balaban J connectivity index is 1.76. The van der Waals surface area contributed by atoms with Crippen LogP contribution in [0.5, 0.6) is 0 Å². The van der Waals surface area contributed by atoms with Crippen LogP contribution in [0.3, 0.4) is 0 Å². The maximum Gasteiger partial charge on any atom is 0.352 e. The van der Waals surface area contributed by atoms with E-state index in [0.717, 1.165) is 17.2 Å². The van der Waals surface area contributed by atoms with Crippen molar-refractivity contribution in [2.24, 2.45) is 0 Å². The smallest absolute Gasteiger partial charge is 0.352 e. The number of nitro benzene ring substituents is 1. The monoisotopic (exact) mass is 514 g/mol. The van der Waals surface area contributed by atoms with Gasteiger partial charge in [0.05, 0.1) is 29.1 Å². The number of hydrogen-bond donors (Lipinski definition) is 2. The fourth-order valence-electron chi connectivity index (χ4n) is 3.82. The van der Waals surface area contributed by atoms with Crippen molar-refractivity contribution in [3.05, 3.63) is 123 Å². The zero-order chi connectivity index (χ0) is 27.1. The second-order valence-corrected chi connectivity index (χ2v) is 8.27. The zero-order valence-corrected chi connectivity index (χ0v) is 20.3. The van der Waals surface area contributed by atoms with Gasteiger partial charge >= 0.3 is 11.7 Å². The SMILES string of the molecule is COCc1cccc(/C=C(\Nc2ncc(-c3cccc([N+](=O)[O-])c3F)nc2Cc2ccccc2)C(=O)O)c1. The Morgan fingerprint density at radius 3 is 2.55 bits per heavy atom. The first-order chi connectivity index (χ1) is 18.4. The molecule has 0 bridgehead atoms. The molecule has 3 aromatic carbocycles. The molecule has 0 amide bonds. The van der Waals surface area contributed by atoms with Gasteiger partial charge in [-0.3, -0.25) is 10.1 Å². The van der Waals surface area contributed by atoms with Gasteiger partial charge in [-0.05, 0) is 34.9 Å². The number of carboxylic acids is 1. The number of methoxy groups -OCH3 is 1. The Morgan fingerprint density at radius 2 is 1.84 bits per heavy atom. The van der Waals surface area contributed by atoms with E-state index < -0.39 is 22.4 Å². The van der Waals surface area contributed by atoms with Crippen LogP contribution in [-0.4, -0.2) is 33.1 Å². The minimum absolute atomic E-state index is 0.0794. The van der Waals surface area contributed by atoms with Crippen LogP contribution in [-0.2, 0) is 22.6 Å². The van der Waals surface area contributed by atoms with Crippen LogP contribution >= 0.6 is 0 Å². The molecule has 0 spiro atoms. The van der Waals surface area contributed by atoms with Crippen LogP contribution < -0.4 is 5.32 Å². The second kappa shape index (κ2) is 11.8. The molecule has 0 aliphatic carbocycles. The first kappa shape index (κ1) is 26.1. The fourth-order valence-corrected chi connectivity index (χ4v) is 3.82. The van der Waals surface area contributed by atoms with E-state index in [0.29, 0.717) is 17.9 Å². The van der Waals surface area contributed by atoms with Crippen molar-refractivity contribution in [3.63, 3.8) is 0 Å². The molecule has 0 aliphatic heterocycles. The van der Waals surface area contributed by atoms with E-state index in [1.54, 1.807) is 25.3 Å². The van der Waals surface area contributed by atoms with E-state index >= 15 is 0 Å². The van der Waals surface area contributed by atoms with Crippen molar-refractivity contribution in [1.82, 2.24) is 9.97 Å². The molecule has 1 aromatic heterocycles. The molecule has 192 valence electrons. The zero-order valence-electron chi connectivity index (χ0n) is 20.3. The summed E-state index contributed by atoms with van der Waals surface area (Å²) >= 11 is 0. The van der Waals surface area contributed by atoms with Gasteiger partial charge in [-0.1, -0.05) is 54.6 Å². The Labute approximate surface area is 217 Å². The Hall–Kier alpha value is -4.96. The summed E-state index contributed by atoms with van der Waals surface area (Å²) in [5.41, 5.74) is 1.86. The highest BCUT2D eigenvalue weighted by Crippen LogP contribution is 2.29. The standard InChI is InChI=1S/C28H23FN4O5/c1-38-17-20-10-5-9-19(13-20)15-23(28(34)35)32-27-22(14-18-7-3-2-4-8-18)31-24(16-30-27)21-11-6-12-25(26(21)29)33(36)37/h2-13,15-16H,14,17H2,1H3,(H,30,32)(H,34,35)/b23-15-. The van der Waals surface area contributed by atoms with Gasteiger partial charge < -0.3 is 15.2 Å². The molecule has 10 heteroatoms. The number of carbonyl (C=O) groups is 1. The molecule has 0 saturated heterocycles. The van der Waals surface area contributed by atoms with Crippen molar-refractivity contribution >= 4 is 23.6 Å². The van der Waals surface area contributed by atoms with Gasteiger partial charge in [0, 0.05) is 25.2 Å². The van der Waals surface area contributed by atoms with Gasteiger partial charge in [0.1, 0.15) is 5.70 Å². The number of nitrogens with one attached hydrogen (secondary N) is 1. The number of aromatic nitrogens is 2. The lowest BCUT2D eigenvalue weighted by molar-refractivity contribution is -0.387. The summed E-state index contributed by atoms with van der Waals surface area (Å²) in [6.07, 6.45) is 2.96. The number of anilines is 1. The molecule has 0 saturated carbocycles. The summed E-state index contributed by atoms with van der Waals surface area (Å²) in [6, 6.07) is 20.3. The first-order valence-corrected chi connectivity index (χ1v) is 11.5. The highest BCUT2D eigenvalue weighted by atomic mass is 19.1. The molecule has 38 heavy (non-hydrogen) atoms. The van der Waals surface area contributed by atoms with E-state index in [4.69, 9.17) is 4.74 Å². The Kier molecular flexibility index (Phi) is 8.14. The van der Waals surface area contributed by atoms with Crippen molar-refractivity contribution in [2.45, 2.75) is 13.0 Å². The van der Waals surface area contributed by atoms with Crippen LogP contribution in [0, 0.1) is 15.9 Å². The van der Waals surface area contributed by atoms with Crippen LogP contribution in [0.15, 0.2) is 84.7 Å². The number of carboxylic acid groups (broad SMARTS) is 1. The number of ether oxygens (including phenoxy) is 1. The molecule has 0 atom stereocenters. The molecule has 4 aromatic rings. The van der Waals surface area contributed by atoms with Gasteiger partial charge in [-0.15, -0.1) is 0 Å². The number of halogens is 1. The van der Waals surface area contributed by atoms with E-state index in [1.165, 1.54) is 24.4 Å². The lowest BCUT2D eigenvalue weighted by Gasteiger charge is -2.13. The lowest BCUT2D eigenvalue weighted by Crippen LogP contribution is -2.14. The quantitative estimate of drug-likeness (QED) is 0.162. The van der Waals surface area contributed by atoms with Gasteiger partial charge in [-0.25, -0.2) is 14.8 Å². The van der Waals surface area contributed by atoms with E-state index in [2.05, 4.69) is 15.3 Å². The Bertz CT molecular complexity index is 1510. The molecular formula is C28H23FN4O5. The molecule has 2 N–H and O–H groups in total. The number of nitro groups is 1. The predicted octanol–water partition coefficient (Wildman–Crippen LogP) is 5.47. The van der Waals surface area contributed by atoms with Crippen LogP contribution in [0.1, 0.15) is 22.4 Å². The molecule has 1 heterocycles. The normalized spacial score (nSPS) is 11.3. The number of benzene rings is 3. The van der Waals surface area contributed by atoms with Crippen LogP contribution in [0.2, 0.25) is 0 Å². The molecule has 0 aliphatic rings. The third-order valence-electron chi connectivity index (χ3n) is 5.57. The number of aliphatic carboxylic acids is 1. The van der Waals surface area contributed by atoms with E-state index in [-0.39, 0.29) is 29.2 Å². The summed E-state index contributed by atoms with van der Waals surface area (Å²) in [7, 11) is 1.57. The largest absolute Gasteiger partial charge is 0.477 e. The van der Waals surface area contributed by atoms with Crippen molar-refractivity contribution < 1.29 is 24.0 Å². The topological polar surface area (TPSA) is 127 Å². The van der Waals surface area contributed by atoms with Crippen molar-refractivity contribution in [3.8, 4) is 11.3 Å². The third-order valence-corrected chi connectivity index (χ3v) is 5.57. The maximum atomic E-state index is 14.9. The van der Waals surface area contributed by atoms with Gasteiger partial charge in [0.2, 0.25) is 5.82 Å². The maximum absolute atomic E-state index is 14.9. The minimum Gasteiger partial charge on any atom is -0.477 e. The predicted molar refractivity (Wildman–Crippen MR) is 140 cm³/mol. The van der Waals surface area contributed by atoms with Crippen LogP contribution in [0.25, 0.3) is 17.3 Å². The van der Waals surface area contributed by atoms with Gasteiger partial charge in [0.15, 0.2) is 5.82 Å². The highest BCUT2D eigenvalue weighted by molar-refractivity contribution is 5.95. The fraction of sp³-hybridized carbons (Fsp3) is 0.107. The average molecular weight is 515 g/mol. The molecular weight excluding hydrogens is 491 g/mol. The summed E-state index contributed by atoms with van der Waals surface area (Å²) in [4.78, 5) is 31.4. The minimum atomic E-state index is -1.22. The second-order valence-electron chi connectivity index (χ2n) is 8.27. The summed E-state index contributed by atoms with van der Waals surface area (Å²) in [6.45, 7) is 0.375. The van der Waals surface area contributed by atoms with E-state index in [1.807, 2.05) is 36.4 Å². The third kappa shape index (κ3) is 6.23. The Morgan fingerprint density at radius 1 is 1.11 bits per heavy atom. The number of nitrogens with zero attached hydrogens (tertiary/aromatic N) is 3. The summed E-state index contributed by atoms with van der Waals surface area (Å²) in [5, 5.41) is 23.9. The number of rotatable bonds is 10.